The molecule has 0 aliphatic heterocycles. The predicted molar refractivity (Wildman–Crippen MR) is 79.6 cm³/mol. The van der Waals surface area contributed by atoms with Crippen molar-refractivity contribution in [3.05, 3.63) is 63.7 Å². The minimum absolute atomic E-state index is 0.128. The van der Waals surface area contributed by atoms with Gasteiger partial charge in [0, 0.05) is 17.8 Å². The number of hydrogen-bond acceptors (Lipinski definition) is 5. The van der Waals surface area contributed by atoms with Crippen LogP contribution in [0.2, 0.25) is 0 Å². The van der Waals surface area contributed by atoms with E-state index in [-0.39, 0.29) is 16.3 Å². The van der Waals surface area contributed by atoms with Gasteiger partial charge in [0.1, 0.15) is 0 Å². The van der Waals surface area contributed by atoms with Crippen LogP contribution in [-0.4, -0.2) is 13.3 Å². The maximum absolute atomic E-state index is 12.4. The smallest absolute Gasteiger partial charge is 0.269 e. The summed E-state index contributed by atoms with van der Waals surface area (Å²) in [6.45, 7) is 1.66. The number of nitrogen functional groups attached to an aromatic ring is 1. The van der Waals surface area contributed by atoms with E-state index in [1.807, 2.05) is 0 Å². The summed E-state index contributed by atoms with van der Waals surface area (Å²) in [4.78, 5) is 10.4. The van der Waals surface area contributed by atoms with Gasteiger partial charge >= 0.3 is 0 Å². The third-order valence-corrected chi connectivity index (χ3v) is 4.85. The van der Waals surface area contributed by atoms with Gasteiger partial charge in [0.25, 0.3) is 5.69 Å². The first-order chi connectivity index (χ1) is 9.79. The molecule has 0 saturated heterocycles. The van der Waals surface area contributed by atoms with Crippen molar-refractivity contribution in [1.29, 1.82) is 0 Å². The summed E-state index contributed by atoms with van der Waals surface area (Å²) in [5, 5.41) is 10.7. The van der Waals surface area contributed by atoms with E-state index in [0.29, 0.717) is 16.8 Å². The summed E-state index contributed by atoms with van der Waals surface area (Å²) in [6, 6.07) is 10.2. The first-order valence-electron chi connectivity index (χ1n) is 6.12. The molecule has 0 aliphatic carbocycles. The minimum atomic E-state index is -3.58. The fourth-order valence-electron chi connectivity index (χ4n) is 2.08. The quantitative estimate of drug-likeness (QED) is 0.531. The summed E-state index contributed by atoms with van der Waals surface area (Å²) >= 11 is 0. The van der Waals surface area contributed by atoms with Crippen molar-refractivity contribution >= 4 is 21.2 Å². The summed E-state index contributed by atoms with van der Waals surface area (Å²) in [6.07, 6.45) is 0. The van der Waals surface area contributed by atoms with Gasteiger partial charge in [-0.25, -0.2) is 8.42 Å². The van der Waals surface area contributed by atoms with Gasteiger partial charge in [-0.3, -0.25) is 10.1 Å². The van der Waals surface area contributed by atoms with E-state index in [9.17, 15) is 18.5 Å². The summed E-state index contributed by atoms with van der Waals surface area (Å²) in [7, 11) is -3.58. The lowest BCUT2D eigenvalue weighted by Crippen LogP contribution is -2.07. The first kappa shape index (κ1) is 15.0. The molecule has 0 amide bonds. The molecule has 6 nitrogen and oxygen atoms in total. The van der Waals surface area contributed by atoms with Gasteiger partial charge in [-0.15, -0.1) is 0 Å². The Morgan fingerprint density at radius 2 is 1.90 bits per heavy atom. The van der Waals surface area contributed by atoms with E-state index in [1.165, 1.54) is 30.3 Å². The highest BCUT2D eigenvalue weighted by molar-refractivity contribution is 7.90. The van der Waals surface area contributed by atoms with Crippen molar-refractivity contribution in [1.82, 2.24) is 0 Å². The zero-order valence-electron chi connectivity index (χ0n) is 11.3. The van der Waals surface area contributed by atoms with Gasteiger partial charge in [-0.2, -0.15) is 0 Å². The minimum Gasteiger partial charge on any atom is -0.399 e. The number of anilines is 1. The predicted octanol–water partition coefficient (Wildman–Crippen LogP) is 2.46. The number of aryl methyl sites for hydroxylation is 1. The van der Waals surface area contributed by atoms with Gasteiger partial charge in [-0.05, 0) is 36.2 Å². The van der Waals surface area contributed by atoms with Crippen LogP contribution in [0.1, 0.15) is 11.1 Å². The topological polar surface area (TPSA) is 103 Å². The number of hydrogen-bond donors (Lipinski definition) is 1. The van der Waals surface area contributed by atoms with Crippen LogP contribution < -0.4 is 5.73 Å². The fraction of sp³-hybridized carbons (Fsp3) is 0.143. The van der Waals surface area contributed by atoms with Gasteiger partial charge in [-0.1, -0.05) is 12.1 Å². The molecule has 0 saturated carbocycles. The molecule has 2 rings (SSSR count). The van der Waals surface area contributed by atoms with E-state index < -0.39 is 14.8 Å². The third kappa shape index (κ3) is 3.38. The average Bonchev–Trinajstić information content (AvgIpc) is 2.37. The number of nitro benzene ring substituents is 1. The second kappa shape index (κ2) is 5.53. The second-order valence-electron chi connectivity index (χ2n) is 4.71. The molecule has 2 aromatic carbocycles. The van der Waals surface area contributed by atoms with Gasteiger partial charge in [0.15, 0.2) is 9.84 Å². The van der Waals surface area contributed by atoms with Crippen LogP contribution in [0.25, 0.3) is 0 Å². The van der Waals surface area contributed by atoms with Crippen LogP contribution in [0.5, 0.6) is 0 Å². The first-order valence-corrected chi connectivity index (χ1v) is 7.77. The normalized spacial score (nSPS) is 11.3. The summed E-state index contributed by atoms with van der Waals surface area (Å²) in [5.74, 6) is -0.292. The molecule has 0 aromatic heterocycles. The Morgan fingerprint density at radius 1 is 1.19 bits per heavy atom. The zero-order chi connectivity index (χ0) is 15.6. The Labute approximate surface area is 122 Å². The Balaban J connectivity index is 2.37. The molecule has 0 bridgehead atoms. The monoisotopic (exact) mass is 306 g/mol. The SMILES string of the molecule is Cc1cc(N)ccc1S(=O)(=O)Cc1cccc([N+](=O)[O-])c1. The molecular weight excluding hydrogens is 292 g/mol. The molecule has 0 atom stereocenters. The highest BCUT2D eigenvalue weighted by Gasteiger charge is 2.19. The van der Waals surface area contributed by atoms with Crippen molar-refractivity contribution < 1.29 is 13.3 Å². The molecule has 0 unspecified atom stereocenters. The number of sulfone groups is 1. The molecule has 2 aromatic rings. The van der Waals surface area contributed by atoms with Gasteiger partial charge < -0.3 is 5.73 Å². The van der Waals surface area contributed by atoms with Crippen LogP contribution in [0.15, 0.2) is 47.4 Å². The largest absolute Gasteiger partial charge is 0.399 e. The number of nitrogens with zero attached hydrogens (tertiary/aromatic N) is 1. The van der Waals surface area contributed by atoms with Crippen molar-refractivity contribution in [2.24, 2.45) is 0 Å². The van der Waals surface area contributed by atoms with Crippen LogP contribution in [0, 0.1) is 17.0 Å². The van der Waals surface area contributed by atoms with E-state index in [0.717, 1.165) is 0 Å². The molecule has 0 fully saturated rings. The van der Waals surface area contributed by atoms with Crippen LogP contribution >= 0.6 is 0 Å². The molecule has 21 heavy (non-hydrogen) atoms. The summed E-state index contributed by atoms with van der Waals surface area (Å²) in [5.41, 5.74) is 6.90. The standard InChI is InChI=1S/C14H14N2O4S/c1-10-7-12(15)5-6-14(10)21(19,20)9-11-3-2-4-13(8-11)16(17)18/h2-8H,9,15H2,1H3. The van der Waals surface area contributed by atoms with Crippen LogP contribution in [0.4, 0.5) is 11.4 Å². The fourth-order valence-corrected chi connectivity index (χ4v) is 3.68. The van der Waals surface area contributed by atoms with Crippen molar-refractivity contribution in [2.45, 2.75) is 17.6 Å². The Hall–Kier alpha value is -2.41. The lowest BCUT2D eigenvalue weighted by atomic mass is 10.2. The van der Waals surface area contributed by atoms with E-state index in [1.54, 1.807) is 19.1 Å². The number of nitro groups is 1. The molecule has 0 aliphatic rings. The lowest BCUT2D eigenvalue weighted by molar-refractivity contribution is -0.384. The highest BCUT2D eigenvalue weighted by Crippen LogP contribution is 2.23. The number of non-ortho nitro benzene ring substituents is 1. The van der Waals surface area contributed by atoms with Crippen molar-refractivity contribution in [3.63, 3.8) is 0 Å². The Morgan fingerprint density at radius 3 is 2.52 bits per heavy atom. The third-order valence-electron chi connectivity index (χ3n) is 3.01. The van der Waals surface area contributed by atoms with Crippen molar-refractivity contribution in [2.75, 3.05) is 5.73 Å². The van der Waals surface area contributed by atoms with Gasteiger partial charge in [0.2, 0.25) is 0 Å². The molecule has 0 radical (unpaired) electrons. The van der Waals surface area contributed by atoms with E-state index in [4.69, 9.17) is 5.73 Å². The summed E-state index contributed by atoms with van der Waals surface area (Å²) < 4.78 is 24.8. The number of nitrogens with two attached hydrogens (primary N) is 1. The van der Waals surface area contributed by atoms with Crippen molar-refractivity contribution in [3.8, 4) is 0 Å². The van der Waals surface area contributed by atoms with E-state index in [2.05, 4.69) is 0 Å². The maximum atomic E-state index is 12.4. The molecule has 2 N–H and O–H groups in total. The van der Waals surface area contributed by atoms with Crippen LogP contribution in [-0.2, 0) is 15.6 Å². The maximum Gasteiger partial charge on any atom is 0.269 e. The second-order valence-corrected chi connectivity index (χ2v) is 6.67. The Kier molecular flexibility index (Phi) is 3.95. The molecule has 0 spiro atoms. The Bertz CT molecular complexity index is 800. The average molecular weight is 306 g/mol. The molecular formula is C14H14N2O4S. The zero-order valence-corrected chi connectivity index (χ0v) is 12.1. The molecule has 110 valence electrons. The molecule has 0 heterocycles. The number of rotatable bonds is 4. The molecule has 7 heteroatoms. The van der Waals surface area contributed by atoms with Gasteiger partial charge in [0.05, 0.1) is 15.6 Å². The van der Waals surface area contributed by atoms with E-state index >= 15 is 0 Å². The van der Waals surface area contributed by atoms with Crippen LogP contribution in [0.3, 0.4) is 0 Å². The lowest BCUT2D eigenvalue weighted by Gasteiger charge is -2.08. The number of benzene rings is 2. The highest BCUT2D eigenvalue weighted by atomic mass is 32.2.